The molecule has 154 valence electrons. The zero-order valence-corrected chi connectivity index (χ0v) is 18.6. The molecule has 1 aliphatic rings. The van der Waals surface area contributed by atoms with E-state index in [1.165, 1.54) is 12.3 Å². The third-order valence-electron chi connectivity index (χ3n) is 4.02. The number of ether oxygens (including phenoxy) is 2. The number of benzene rings is 2. The van der Waals surface area contributed by atoms with Gasteiger partial charge in [-0.15, -0.1) is 0 Å². The van der Waals surface area contributed by atoms with Crippen LogP contribution >= 0.6 is 27.5 Å². The molecule has 0 aromatic heterocycles. The highest BCUT2D eigenvalue weighted by Gasteiger charge is 2.21. The quantitative estimate of drug-likeness (QED) is 0.484. The van der Waals surface area contributed by atoms with Crippen molar-refractivity contribution in [3.05, 3.63) is 51.0 Å². The van der Waals surface area contributed by atoms with Gasteiger partial charge in [0.1, 0.15) is 6.54 Å². The third-order valence-corrected chi connectivity index (χ3v) is 6.25. The molecule has 0 unspecified atom stereocenters. The molecule has 8 nitrogen and oxygen atoms in total. The molecule has 11 heteroatoms. The summed E-state index contributed by atoms with van der Waals surface area (Å²) in [6, 6.07) is 8.21. The van der Waals surface area contributed by atoms with Crippen LogP contribution in [0.15, 0.2) is 39.9 Å². The maximum atomic E-state index is 12.3. The van der Waals surface area contributed by atoms with E-state index in [0.29, 0.717) is 32.2 Å². The van der Waals surface area contributed by atoms with E-state index in [9.17, 15) is 13.2 Å². The van der Waals surface area contributed by atoms with Gasteiger partial charge in [-0.1, -0.05) is 17.7 Å². The number of nitrogens with one attached hydrogen (secondary N) is 1. The molecule has 1 heterocycles. The first-order valence-electron chi connectivity index (χ1n) is 8.30. The Kier molecular flexibility index (Phi) is 6.35. The summed E-state index contributed by atoms with van der Waals surface area (Å²) in [4.78, 5) is 12.3. The highest BCUT2D eigenvalue weighted by molar-refractivity contribution is 9.10. The van der Waals surface area contributed by atoms with Gasteiger partial charge in [-0.25, -0.2) is 13.8 Å². The van der Waals surface area contributed by atoms with Gasteiger partial charge in [0.15, 0.2) is 11.5 Å². The predicted molar refractivity (Wildman–Crippen MR) is 114 cm³/mol. The van der Waals surface area contributed by atoms with Gasteiger partial charge in [-0.2, -0.15) is 5.10 Å². The molecule has 0 radical (unpaired) electrons. The van der Waals surface area contributed by atoms with Crippen LogP contribution in [0, 0.1) is 6.92 Å². The molecule has 0 spiro atoms. The Morgan fingerprint density at radius 3 is 2.66 bits per heavy atom. The minimum atomic E-state index is -3.71. The lowest BCUT2D eigenvalue weighted by Gasteiger charge is -2.21. The van der Waals surface area contributed by atoms with Crippen molar-refractivity contribution < 1.29 is 22.7 Å². The summed E-state index contributed by atoms with van der Waals surface area (Å²) in [5, 5.41) is 4.29. The van der Waals surface area contributed by atoms with E-state index in [0.717, 1.165) is 16.1 Å². The van der Waals surface area contributed by atoms with Gasteiger partial charge in [0.25, 0.3) is 5.91 Å². The van der Waals surface area contributed by atoms with Crippen LogP contribution in [0.1, 0.15) is 11.1 Å². The fourth-order valence-electron chi connectivity index (χ4n) is 2.51. The zero-order chi connectivity index (χ0) is 21.2. The van der Waals surface area contributed by atoms with Gasteiger partial charge >= 0.3 is 0 Å². The van der Waals surface area contributed by atoms with Crippen LogP contribution in [-0.2, 0) is 14.8 Å². The molecule has 0 saturated heterocycles. The highest BCUT2D eigenvalue weighted by Crippen LogP contribution is 2.36. The Hall–Kier alpha value is -2.30. The van der Waals surface area contributed by atoms with E-state index < -0.39 is 22.5 Å². The Bertz CT molecular complexity index is 1090. The van der Waals surface area contributed by atoms with Crippen LogP contribution in [0.2, 0.25) is 5.02 Å². The number of hydrazone groups is 1. The van der Waals surface area contributed by atoms with E-state index in [-0.39, 0.29) is 6.79 Å². The monoisotopic (exact) mass is 501 g/mol. The van der Waals surface area contributed by atoms with Crippen molar-refractivity contribution in [1.29, 1.82) is 0 Å². The van der Waals surface area contributed by atoms with Crippen molar-refractivity contribution in [2.45, 2.75) is 6.92 Å². The van der Waals surface area contributed by atoms with Crippen molar-refractivity contribution >= 4 is 55.4 Å². The summed E-state index contributed by atoms with van der Waals surface area (Å²) >= 11 is 9.47. The summed E-state index contributed by atoms with van der Waals surface area (Å²) in [5.41, 5.74) is 4.07. The number of hydrogen-bond donors (Lipinski definition) is 1. The van der Waals surface area contributed by atoms with Gasteiger partial charge in [-0.3, -0.25) is 9.10 Å². The van der Waals surface area contributed by atoms with Crippen LogP contribution in [0.5, 0.6) is 11.5 Å². The second-order valence-electron chi connectivity index (χ2n) is 6.22. The smallest absolute Gasteiger partial charge is 0.260 e. The number of halogens is 2. The van der Waals surface area contributed by atoms with E-state index in [1.807, 2.05) is 0 Å². The molecule has 0 bridgehead atoms. The van der Waals surface area contributed by atoms with Crippen molar-refractivity contribution in [1.82, 2.24) is 5.43 Å². The fourth-order valence-corrected chi connectivity index (χ4v) is 3.96. The highest BCUT2D eigenvalue weighted by atomic mass is 79.9. The largest absolute Gasteiger partial charge is 0.454 e. The van der Waals surface area contributed by atoms with Crippen LogP contribution < -0.4 is 19.2 Å². The standard InChI is InChI=1S/C18H17BrClN3O5S/c1-11-3-4-13(6-15(11)20)23(29(2,25)26)9-18(24)22-21-8-12-5-16-17(7-14(12)19)28-10-27-16/h3-8H,9-10H2,1-2H3,(H,22,24)/b21-8-. The maximum Gasteiger partial charge on any atom is 0.260 e. The lowest BCUT2D eigenvalue weighted by molar-refractivity contribution is -0.119. The average Bonchev–Trinajstić information content (AvgIpc) is 3.08. The van der Waals surface area contributed by atoms with E-state index in [2.05, 4.69) is 26.5 Å². The van der Waals surface area contributed by atoms with Crippen molar-refractivity contribution in [2.24, 2.45) is 5.10 Å². The molecule has 0 saturated carbocycles. The number of carbonyl (C=O) groups is 1. The topological polar surface area (TPSA) is 97.3 Å². The molecule has 1 aliphatic heterocycles. The number of anilines is 1. The second kappa shape index (κ2) is 8.60. The Morgan fingerprint density at radius 2 is 2.00 bits per heavy atom. The molecule has 29 heavy (non-hydrogen) atoms. The molecule has 0 atom stereocenters. The minimum Gasteiger partial charge on any atom is -0.454 e. The second-order valence-corrected chi connectivity index (χ2v) is 9.39. The van der Waals surface area contributed by atoms with Gasteiger partial charge in [0.05, 0.1) is 18.2 Å². The van der Waals surface area contributed by atoms with Crippen LogP contribution in [-0.4, -0.2) is 40.1 Å². The van der Waals surface area contributed by atoms with Gasteiger partial charge in [0.2, 0.25) is 16.8 Å². The minimum absolute atomic E-state index is 0.142. The molecule has 3 rings (SSSR count). The lowest BCUT2D eigenvalue weighted by atomic mass is 10.2. The molecular weight excluding hydrogens is 486 g/mol. The molecule has 0 fully saturated rings. The molecule has 1 amide bonds. The fraction of sp³-hybridized carbons (Fsp3) is 0.222. The number of fused-ring (bicyclic) bond motifs is 1. The van der Waals surface area contributed by atoms with Gasteiger partial charge < -0.3 is 9.47 Å². The first-order valence-corrected chi connectivity index (χ1v) is 11.3. The van der Waals surface area contributed by atoms with Gasteiger partial charge in [0, 0.05) is 15.1 Å². The summed E-state index contributed by atoms with van der Waals surface area (Å²) in [6.07, 6.45) is 2.43. The Morgan fingerprint density at radius 1 is 1.31 bits per heavy atom. The number of hydrogen-bond acceptors (Lipinski definition) is 6. The van der Waals surface area contributed by atoms with Crippen LogP contribution in [0.3, 0.4) is 0 Å². The number of rotatable bonds is 6. The zero-order valence-electron chi connectivity index (χ0n) is 15.5. The summed E-state index contributed by atoms with van der Waals surface area (Å²) in [7, 11) is -3.71. The summed E-state index contributed by atoms with van der Waals surface area (Å²) < 4.78 is 36.5. The number of amides is 1. The van der Waals surface area contributed by atoms with Crippen LogP contribution in [0.4, 0.5) is 5.69 Å². The molecule has 2 aromatic carbocycles. The normalized spacial score (nSPS) is 13.0. The van der Waals surface area contributed by atoms with Crippen LogP contribution in [0.25, 0.3) is 0 Å². The average molecular weight is 503 g/mol. The third kappa shape index (κ3) is 5.20. The number of sulfonamides is 1. The van der Waals surface area contributed by atoms with Crippen molar-refractivity contribution in [2.75, 3.05) is 23.9 Å². The number of nitrogens with zero attached hydrogens (tertiary/aromatic N) is 2. The summed E-state index contributed by atoms with van der Waals surface area (Å²) in [5.74, 6) is 0.569. The first-order chi connectivity index (χ1) is 13.6. The summed E-state index contributed by atoms with van der Waals surface area (Å²) in [6.45, 7) is 1.49. The molecular formula is C18H17BrClN3O5S. The predicted octanol–water partition coefficient (Wildman–Crippen LogP) is 3.06. The number of aryl methyl sites for hydroxylation is 1. The maximum absolute atomic E-state index is 12.3. The Labute approximate surface area is 181 Å². The van der Waals surface area contributed by atoms with Crippen molar-refractivity contribution in [3.8, 4) is 11.5 Å². The van der Waals surface area contributed by atoms with E-state index in [1.54, 1.807) is 31.2 Å². The van der Waals surface area contributed by atoms with E-state index in [4.69, 9.17) is 21.1 Å². The SMILES string of the molecule is Cc1ccc(N(CC(=O)N/N=C\c2cc3c(cc2Br)OCO3)S(C)(=O)=O)cc1Cl. The number of carbonyl (C=O) groups excluding carboxylic acids is 1. The van der Waals surface area contributed by atoms with Crippen molar-refractivity contribution in [3.63, 3.8) is 0 Å². The lowest BCUT2D eigenvalue weighted by Crippen LogP contribution is -2.39. The molecule has 1 N–H and O–H groups in total. The Balaban J connectivity index is 1.71. The first kappa shape index (κ1) is 21.4. The molecule has 2 aromatic rings. The van der Waals surface area contributed by atoms with Gasteiger partial charge in [-0.05, 0) is 52.7 Å². The molecule has 0 aliphatic carbocycles. The van der Waals surface area contributed by atoms with E-state index >= 15 is 0 Å².